The average molecular weight is 392 g/mol. The Hall–Kier alpha value is -2.80. The molecule has 0 saturated heterocycles. The maximum atomic E-state index is 14.0. The number of sulfonamides is 1. The molecule has 0 saturated carbocycles. The molecule has 1 aromatic heterocycles. The first kappa shape index (κ1) is 19.5. The number of alkyl halides is 2. The Bertz CT molecular complexity index is 917. The van der Waals surface area contributed by atoms with E-state index in [1.807, 2.05) is 0 Å². The monoisotopic (exact) mass is 392 g/mol. The number of anilines is 1. The summed E-state index contributed by atoms with van der Waals surface area (Å²) in [5, 5.41) is 9.09. The minimum Gasteiger partial charge on any atom is -0.467 e. The quantitative estimate of drug-likeness (QED) is 0.659. The highest BCUT2D eigenvalue weighted by atomic mass is 32.2. The van der Waals surface area contributed by atoms with Gasteiger partial charge >= 0.3 is 11.8 Å². The zero-order chi connectivity index (χ0) is 19.5. The maximum Gasteiger partial charge on any atom is 0.355 e. The summed E-state index contributed by atoms with van der Waals surface area (Å²) in [4.78, 5) is 23.4. The standard InChI is InChI=1S/C13H11F3N4O5S/c1-25-13-18-8(5-21)17-11(19-13)10(22)6-3-2-4-7(14)9(6)20-26(23,24)12(15)16/h2-4,12,20-21H,5H2,1H3. The first-order chi connectivity index (χ1) is 12.2. The van der Waals surface area contributed by atoms with Crippen LogP contribution in [0.25, 0.3) is 0 Å². The van der Waals surface area contributed by atoms with Crippen LogP contribution in [0.15, 0.2) is 18.2 Å². The molecular weight excluding hydrogens is 381 g/mol. The highest BCUT2D eigenvalue weighted by Crippen LogP contribution is 2.25. The van der Waals surface area contributed by atoms with Gasteiger partial charge in [0.25, 0.3) is 10.0 Å². The second-order valence-corrected chi connectivity index (χ2v) is 6.27. The number of nitrogens with one attached hydrogen (secondary N) is 1. The van der Waals surface area contributed by atoms with Crippen LogP contribution in [0, 0.1) is 5.82 Å². The number of ether oxygens (including phenoxy) is 1. The molecular formula is C13H11F3N4O5S. The van der Waals surface area contributed by atoms with Gasteiger partial charge in [-0.05, 0) is 12.1 Å². The molecule has 0 aliphatic heterocycles. The molecule has 140 valence electrons. The molecule has 0 amide bonds. The van der Waals surface area contributed by atoms with Crippen molar-refractivity contribution in [3.8, 4) is 6.01 Å². The minimum atomic E-state index is -5.23. The van der Waals surface area contributed by atoms with Gasteiger partial charge in [0.05, 0.1) is 18.4 Å². The van der Waals surface area contributed by atoms with Gasteiger partial charge in [0.15, 0.2) is 5.82 Å². The molecule has 0 bridgehead atoms. The Balaban J connectivity index is 2.56. The van der Waals surface area contributed by atoms with Crippen molar-refractivity contribution in [2.24, 2.45) is 0 Å². The van der Waals surface area contributed by atoms with Gasteiger partial charge in [-0.1, -0.05) is 6.07 Å². The highest BCUT2D eigenvalue weighted by Gasteiger charge is 2.29. The van der Waals surface area contributed by atoms with Crippen molar-refractivity contribution in [1.82, 2.24) is 15.0 Å². The van der Waals surface area contributed by atoms with Gasteiger partial charge in [-0.15, -0.1) is 0 Å². The molecule has 0 aliphatic carbocycles. The lowest BCUT2D eigenvalue weighted by atomic mass is 10.1. The van der Waals surface area contributed by atoms with E-state index >= 15 is 0 Å². The van der Waals surface area contributed by atoms with Crippen LogP contribution in [-0.4, -0.2) is 47.1 Å². The lowest BCUT2D eigenvalue weighted by Crippen LogP contribution is -2.23. The fourth-order valence-electron chi connectivity index (χ4n) is 1.79. The molecule has 1 heterocycles. The van der Waals surface area contributed by atoms with Crippen LogP contribution in [0.1, 0.15) is 22.0 Å². The molecule has 26 heavy (non-hydrogen) atoms. The predicted molar refractivity (Wildman–Crippen MR) is 80.7 cm³/mol. The molecule has 2 rings (SSSR count). The number of rotatable bonds is 7. The summed E-state index contributed by atoms with van der Waals surface area (Å²) in [6.45, 7) is -0.673. The van der Waals surface area contributed by atoms with Crippen molar-refractivity contribution >= 4 is 21.5 Å². The number of aliphatic hydroxyl groups excluding tert-OH is 1. The summed E-state index contributed by atoms with van der Waals surface area (Å²) in [7, 11) is -4.06. The number of nitrogens with zero attached hydrogens (tertiary/aromatic N) is 3. The Morgan fingerprint density at radius 3 is 2.58 bits per heavy atom. The van der Waals surface area contributed by atoms with E-state index in [0.717, 1.165) is 18.2 Å². The number of aromatic nitrogens is 3. The maximum absolute atomic E-state index is 14.0. The number of halogens is 3. The average Bonchev–Trinajstić information content (AvgIpc) is 2.62. The largest absolute Gasteiger partial charge is 0.467 e. The second kappa shape index (κ2) is 7.61. The zero-order valence-corrected chi connectivity index (χ0v) is 13.8. The SMILES string of the molecule is COc1nc(CO)nc(C(=O)c2cccc(F)c2NS(=O)(=O)C(F)F)n1. The summed E-state index contributed by atoms with van der Waals surface area (Å²) in [6, 6.07) is 2.49. The second-order valence-electron chi connectivity index (χ2n) is 4.62. The molecule has 2 aromatic rings. The van der Waals surface area contributed by atoms with Crippen molar-refractivity contribution < 1.29 is 36.2 Å². The van der Waals surface area contributed by atoms with Crippen molar-refractivity contribution in [3.63, 3.8) is 0 Å². The van der Waals surface area contributed by atoms with Crippen LogP contribution in [0.5, 0.6) is 6.01 Å². The molecule has 0 radical (unpaired) electrons. The molecule has 9 nitrogen and oxygen atoms in total. The third-order valence-electron chi connectivity index (χ3n) is 2.93. The van der Waals surface area contributed by atoms with Gasteiger partial charge in [0.1, 0.15) is 12.4 Å². The lowest BCUT2D eigenvalue weighted by molar-refractivity contribution is 0.102. The summed E-state index contributed by atoms with van der Waals surface area (Å²) >= 11 is 0. The topological polar surface area (TPSA) is 131 Å². The molecule has 0 unspecified atom stereocenters. The van der Waals surface area contributed by atoms with Gasteiger partial charge in [0, 0.05) is 0 Å². The first-order valence-electron chi connectivity index (χ1n) is 6.72. The van der Waals surface area contributed by atoms with Crippen LogP contribution in [0.3, 0.4) is 0 Å². The fourth-order valence-corrected chi connectivity index (χ4v) is 2.37. The molecule has 13 heteroatoms. The van der Waals surface area contributed by atoms with E-state index in [1.54, 1.807) is 0 Å². The normalized spacial score (nSPS) is 11.5. The number of carbonyl (C=O) groups is 1. The molecule has 0 fully saturated rings. The van der Waals surface area contributed by atoms with Crippen molar-refractivity contribution in [3.05, 3.63) is 41.2 Å². The summed E-state index contributed by atoms with van der Waals surface area (Å²) in [5.74, 6) is -7.06. The van der Waals surface area contributed by atoms with E-state index in [1.165, 1.54) is 11.8 Å². The molecule has 0 atom stereocenters. The van der Waals surface area contributed by atoms with Crippen LogP contribution in [0.4, 0.5) is 18.9 Å². The van der Waals surface area contributed by atoms with E-state index in [2.05, 4.69) is 15.0 Å². The lowest BCUT2D eigenvalue weighted by Gasteiger charge is -2.12. The summed E-state index contributed by atoms with van der Waals surface area (Å²) in [5.41, 5.74) is -1.60. The highest BCUT2D eigenvalue weighted by molar-refractivity contribution is 7.93. The number of benzene rings is 1. The van der Waals surface area contributed by atoms with Gasteiger partial charge in [-0.2, -0.15) is 18.7 Å². The van der Waals surface area contributed by atoms with Crippen LogP contribution in [0.2, 0.25) is 0 Å². The van der Waals surface area contributed by atoms with Crippen molar-refractivity contribution in [2.45, 2.75) is 12.4 Å². The van der Waals surface area contributed by atoms with E-state index in [-0.39, 0.29) is 11.8 Å². The zero-order valence-electron chi connectivity index (χ0n) is 13.0. The van der Waals surface area contributed by atoms with Gasteiger partial charge in [-0.25, -0.2) is 17.8 Å². The third-order valence-corrected chi connectivity index (χ3v) is 3.88. The smallest absolute Gasteiger partial charge is 0.355 e. The number of methoxy groups -OCH3 is 1. The Morgan fingerprint density at radius 2 is 2.00 bits per heavy atom. The van der Waals surface area contributed by atoms with Gasteiger partial charge in [0.2, 0.25) is 11.6 Å². The summed E-state index contributed by atoms with van der Waals surface area (Å²) < 4.78 is 67.8. The van der Waals surface area contributed by atoms with Gasteiger partial charge < -0.3 is 9.84 Å². The van der Waals surface area contributed by atoms with Gasteiger partial charge in [-0.3, -0.25) is 9.52 Å². The van der Waals surface area contributed by atoms with Crippen LogP contribution in [-0.2, 0) is 16.6 Å². The van der Waals surface area contributed by atoms with E-state index < -0.39 is 51.1 Å². The molecule has 0 aliphatic rings. The van der Waals surface area contributed by atoms with Crippen LogP contribution >= 0.6 is 0 Å². The summed E-state index contributed by atoms with van der Waals surface area (Å²) in [6.07, 6.45) is 0. The molecule has 2 N–H and O–H groups in total. The minimum absolute atomic E-state index is 0.244. The number of carbonyl (C=O) groups excluding carboxylic acids is 1. The number of hydrogen-bond acceptors (Lipinski definition) is 8. The first-order valence-corrected chi connectivity index (χ1v) is 8.27. The Morgan fingerprint density at radius 1 is 1.31 bits per heavy atom. The Labute approximate surface area is 144 Å². The molecule has 1 aromatic carbocycles. The van der Waals surface area contributed by atoms with E-state index in [0.29, 0.717) is 0 Å². The number of aliphatic hydroxyl groups is 1. The van der Waals surface area contributed by atoms with E-state index in [9.17, 15) is 26.4 Å². The third kappa shape index (κ3) is 4.05. The predicted octanol–water partition coefficient (Wildman–Crippen LogP) is 0.707. The number of ketones is 1. The van der Waals surface area contributed by atoms with Crippen LogP contribution < -0.4 is 9.46 Å². The number of para-hydroxylation sites is 1. The van der Waals surface area contributed by atoms with Crippen molar-refractivity contribution in [1.29, 1.82) is 0 Å². The Kier molecular flexibility index (Phi) is 5.72. The van der Waals surface area contributed by atoms with E-state index in [4.69, 9.17) is 9.84 Å². The fraction of sp³-hybridized carbons (Fsp3) is 0.231. The molecule has 0 spiro atoms. The number of hydrogen-bond donors (Lipinski definition) is 2. The van der Waals surface area contributed by atoms with Crippen molar-refractivity contribution in [2.75, 3.05) is 11.8 Å².